The lowest BCUT2D eigenvalue weighted by molar-refractivity contribution is -0.137. The van der Waals surface area contributed by atoms with Gasteiger partial charge in [0.15, 0.2) is 5.13 Å². The van der Waals surface area contributed by atoms with Crippen molar-refractivity contribution >= 4 is 61.8 Å². The average molecular weight is 624 g/mol. The SMILES string of the molecule is O=C(Cc1csc(Nc2cccc(C(F)(F)F)c2)n1)N/N=C\c1ccc(OCc2ccc(Cl)cc2)c(Br)c1. The number of benzene rings is 3. The van der Waals surface area contributed by atoms with Gasteiger partial charge in [0.25, 0.3) is 0 Å². The molecule has 0 atom stereocenters. The number of nitrogens with one attached hydrogen (secondary N) is 2. The Morgan fingerprint density at radius 1 is 1.13 bits per heavy atom. The van der Waals surface area contributed by atoms with Crippen LogP contribution in [0.1, 0.15) is 22.4 Å². The first kappa shape index (κ1) is 27.6. The number of nitrogens with zero attached hydrogens (tertiary/aromatic N) is 2. The Morgan fingerprint density at radius 3 is 2.66 bits per heavy atom. The fourth-order valence-corrected chi connectivity index (χ4v) is 4.55. The summed E-state index contributed by atoms with van der Waals surface area (Å²) < 4.78 is 45.2. The zero-order valence-corrected chi connectivity index (χ0v) is 22.6. The van der Waals surface area contributed by atoms with E-state index >= 15 is 0 Å². The van der Waals surface area contributed by atoms with Gasteiger partial charge in [0.2, 0.25) is 5.91 Å². The molecule has 0 fully saturated rings. The normalized spacial score (nSPS) is 11.5. The van der Waals surface area contributed by atoms with Gasteiger partial charge in [0.05, 0.1) is 28.4 Å². The van der Waals surface area contributed by atoms with Crippen molar-refractivity contribution in [2.24, 2.45) is 5.10 Å². The Bertz CT molecular complexity index is 1450. The molecule has 0 aliphatic heterocycles. The Balaban J connectivity index is 1.26. The van der Waals surface area contributed by atoms with E-state index in [0.29, 0.717) is 28.2 Å². The molecule has 0 unspecified atom stereocenters. The second-order valence-corrected chi connectivity index (χ2v) is 10.1. The number of carbonyl (C=O) groups is 1. The molecule has 2 N–H and O–H groups in total. The largest absolute Gasteiger partial charge is 0.488 e. The molecule has 0 aliphatic carbocycles. The van der Waals surface area contributed by atoms with Crippen molar-refractivity contribution in [2.45, 2.75) is 19.2 Å². The number of halogens is 5. The summed E-state index contributed by atoms with van der Waals surface area (Å²) >= 11 is 10.6. The number of amides is 1. The third-order valence-electron chi connectivity index (χ3n) is 5.00. The summed E-state index contributed by atoms with van der Waals surface area (Å²) in [6.45, 7) is 0.382. The van der Waals surface area contributed by atoms with E-state index in [1.165, 1.54) is 29.7 Å². The lowest BCUT2D eigenvalue weighted by Gasteiger charge is -2.09. The first-order valence-corrected chi connectivity index (χ1v) is 13.1. The minimum atomic E-state index is -4.44. The standard InChI is InChI=1S/C26H19BrClF3N4O2S/c27-22-10-17(6-9-23(22)37-14-16-4-7-19(28)8-5-16)13-32-35-24(36)12-21-15-38-25(34-21)33-20-3-1-2-18(11-20)26(29,30)31/h1-11,13,15H,12,14H2,(H,33,34)(H,35,36)/b32-13-. The summed E-state index contributed by atoms with van der Waals surface area (Å²) in [7, 11) is 0. The van der Waals surface area contributed by atoms with Crippen LogP contribution in [0.25, 0.3) is 0 Å². The smallest absolute Gasteiger partial charge is 0.416 e. The summed E-state index contributed by atoms with van der Waals surface area (Å²) in [5, 5.41) is 9.49. The lowest BCUT2D eigenvalue weighted by Crippen LogP contribution is -2.19. The summed E-state index contributed by atoms with van der Waals surface area (Å²) in [5.74, 6) is 0.262. The van der Waals surface area contributed by atoms with E-state index in [2.05, 4.69) is 36.8 Å². The van der Waals surface area contributed by atoms with Crippen LogP contribution in [-0.4, -0.2) is 17.1 Å². The molecule has 0 bridgehead atoms. The first-order chi connectivity index (χ1) is 18.2. The van der Waals surface area contributed by atoms with Gasteiger partial charge in [0, 0.05) is 16.1 Å². The number of hydrazone groups is 1. The number of anilines is 2. The van der Waals surface area contributed by atoms with Crippen LogP contribution in [0.3, 0.4) is 0 Å². The predicted octanol–water partition coefficient (Wildman–Crippen LogP) is 7.59. The van der Waals surface area contributed by atoms with Gasteiger partial charge < -0.3 is 10.1 Å². The Labute approximate surface area is 233 Å². The maximum atomic E-state index is 12.9. The van der Waals surface area contributed by atoms with E-state index in [-0.39, 0.29) is 18.0 Å². The minimum absolute atomic E-state index is 0.0424. The summed E-state index contributed by atoms with van der Waals surface area (Å²) in [4.78, 5) is 16.5. The van der Waals surface area contributed by atoms with Gasteiger partial charge in [-0.25, -0.2) is 10.4 Å². The quantitative estimate of drug-likeness (QED) is 0.149. The van der Waals surface area contributed by atoms with Gasteiger partial charge in [0.1, 0.15) is 12.4 Å². The molecular formula is C26H19BrClF3N4O2S. The Morgan fingerprint density at radius 2 is 1.92 bits per heavy atom. The highest BCUT2D eigenvalue weighted by Crippen LogP contribution is 2.32. The van der Waals surface area contributed by atoms with Crippen molar-refractivity contribution in [2.75, 3.05) is 5.32 Å². The molecule has 38 heavy (non-hydrogen) atoms. The zero-order valence-electron chi connectivity index (χ0n) is 19.4. The summed E-state index contributed by atoms with van der Waals surface area (Å²) in [6.07, 6.45) is -2.99. The molecule has 0 aliphatic rings. The van der Waals surface area contributed by atoms with Gasteiger partial charge in [-0.3, -0.25) is 4.79 Å². The van der Waals surface area contributed by atoms with Crippen LogP contribution >= 0.6 is 38.9 Å². The monoisotopic (exact) mass is 622 g/mol. The van der Waals surface area contributed by atoms with Crippen molar-refractivity contribution in [1.82, 2.24) is 10.4 Å². The number of hydrogen-bond acceptors (Lipinski definition) is 6. The van der Waals surface area contributed by atoms with Crippen molar-refractivity contribution in [1.29, 1.82) is 0 Å². The topological polar surface area (TPSA) is 75.6 Å². The van der Waals surface area contributed by atoms with Crippen LogP contribution < -0.4 is 15.5 Å². The third kappa shape index (κ3) is 8.04. The van der Waals surface area contributed by atoms with E-state index in [0.717, 1.165) is 27.7 Å². The summed E-state index contributed by atoms with van der Waals surface area (Å²) in [6, 6.07) is 17.6. The fraction of sp³-hybridized carbons (Fsp3) is 0.115. The predicted molar refractivity (Wildman–Crippen MR) is 146 cm³/mol. The van der Waals surface area contributed by atoms with Crippen molar-refractivity contribution in [3.8, 4) is 5.75 Å². The maximum absolute atomic E-state index is 12.9. The van der Waals surface area contributed by atoms with E-state index in [4.69, 9.17) is 16.3 Å². The summed E-state index contributed by atoms with van der Waals surface area (Å²) in [5.41, 5.74) is 4.11. The molecule has 0 spiro atoms. The minimum Gasteiger partial charge on any atom is -0.488 e. The third-order valence-corrected chi connectivity index (χ3v) is 6.68. The van der Waals surface area contributed by atoms with Gasteiger partial charge in [-0.2, -0.15) is 18.3 Å². The molecule has 12 heteroatoms. The van der Waals surface area contributed by atoms with E-state index in [1.807, 2.05) is 12.1 Å². The maximum Gasteiger partial charge on any atom is 0.416 e. The molecule has 0 radical (unpaired) electrons. The fourth-order valence-electron chi connectivity index (χ4n) is 3.18. The molecule has 4 aromatic rings. The number of hydrogen-bond donors (Lipinski definition) is 2. The molecule has 0 saturated heterocycles. The molecule has 1 amide bonds. The van der Waals surface area contributed by atoms with Crippen LogP contribution in [0, 0.1) is 0 Å². The highest BCUT2D eigenvalue weighted by atomic mass is 79.9. The number of thiazole rings is 1. The van der Waals surface area contributed by atoms with Crippen LogP contribution in [0.5, 0.6) is 5.75 Å². The number of ether oxygens (including phenoxy) is 1. The van der Waals surface area contributed by atoms with Gasteiger partial charge in [-0.05, 0) is 75.6 Å². The van der Waals surface area contributed by atoms with Crippen LogP contribution in [0.2, 0.25) is 5.02 Å². The molecule has 0 saturated carbocycles. The highest BCUT2D eigenvalue weighted by molar-refractivity contribution is 9.10. The molecule has 4 rings (SSSR count). The molecule has 196 valence electrons. The van der Waals surface area contributed by atoms with Crippen molar-refractivity contribution in [3.63, 3.8) is 0 Å². The first-order valence-electron chi connectivity index (χ1n) is 11.0. The zero-order chi connectivity index (χ0) is 27.1. The Hall–Kier alpha value is -3.41. The molecular weight excluding hydrogens is 605 g/mol. The van der Waals surface area contributed by atoms with Gasteiger partial charge in [-0.15, -0.1) is 11.3 Å². The molecule has 3 aromatic carbocycles. The highest BCUT2D eigenvalue weighted by Gasteiger charge is 2.30. The second kappa shape index (κ2) is 12.4. The van der Waals surface area contributed by atoms with Crippen molar-refractivity contribution in [3.05, 3.63) is 104 Å². The number of aromatic nitrogens is 1. The number of carbonyl (C=O) groups excluding carboxylic acids is 1. The van der Waals surface area contributed by atoms with Gasteiger partial charge in [-0.1, -0.05) is 29.8 Å². The van der Waals surface area contributed by atoms with Crippen molar-refractivity contribution < 1.29 is 22.7 Å². The molecule has 1 heterocycles. The van der Waals surface area contributed by atoms with E-state index in [1.54, 1.807) is 35.7 Å². The average Bonchev–Trinajstić information content (AvgIpc) is 3.30. The number of rotatable bonds is 9. The Kier molecular flexibility index (Phi) is 9.03. The van der Waals surface area contributed by atoms with E-state index in [9.17, 15) is 18.0 Å². The number of alkyl halides is 3. The van der Waals surface area contributed by atoms with E-state index < -0.39 is 11.7 Å². The molecule has 1 aromatic heterocycles. The van der Waals surface area contributed by atoms with Crippen LogP contribution in [0.4, 0.5) is 24.0 Å². The second-order valence-electron chi connectivity index (χ2n) is 7.92. The van der Waals surface area contributed by atoms with Crippen LogP contribution in [0.15, 0.2) is 81.7 Å². The lowest BCUT2D eigenvalue weighted by atomic mass is 10.2. The molecule has 6 nitrogen and oxygen atoms in total. The van der Waals surface area contributed by atoms with Gasteiger partial charge >= 0.3 is 6.18 Å². The van der Waals surface area contributed by atoms with Crippen LogP contribution in [-0.2, 0) is 24.0 Å².